The molecule has 1 aliphatic rings. The minimum atomic E-state index is 0.265. The molecule has 0 aromatic heterocycles. The molecule has 3 nitrogen and oxygen atoms in total. The zero-order valence-corrected chi connectivity index (χ0v) is 8.66. The fourth-order valence-electron chi connectivity index (χ4n) is 2.09. The molecular formula is C10H21NO2. The number of nitrogens with two attached hydrogens (primary N) is 1. The van der Waals surface area contributed by atoms with Crippen LogP contribution < -0.4 is 5.73 Å². The van der Waals surface area contributed by atoms with Crippen LogP contribution in [0, 0.1) is 5.92 Å². The molecule has 2 unspecified atom stereocenters. The van der Waals surface area contributed by atoms with E-state index >= 15 is 0 Å². The Morgan fingerprint density at radius 3 is 1.77 bits per heavy atom. The van der Waals surface area contributed by atoms with Crippen LogP contribution in [0.4, 0.5) is 0 Å². The minimum absolute atomic E-state index is 0.265. The van der Waals surface area contributed by atoms with Crippen LogP contribution in [-0.4, -0.2) is 33.0 Å². The highest BCUT2D eigenvalue weighted by atomic mass is 16.5. The summed E-state index contributed by atoms with van der Waals surface area (Å²) in [5.41, 5.74) is 5.66. The van der Waals surface area contributed by atoms with Crippen molar-refractivity contribution in [2.24, 2.45) is 11.7 Å². The van der Waals surface area contributed by atoms with E-state index in [1.165, 1.54) is 12.8 Å². The topological polar surface area (TPSA) is 44.5 Å². The maximum absolute atomic E-state index is 5.66. The average Bonchev–Trinajstić information content (AvgIpc) is 2.38. The second-order valence-electron chi connectivity index (χ2n) is 3.80. The van der Waals surface area contributed by atoms with Crippen molar-refractivity contribution in [2.45, 2.75) is 37.9 Å². The van der Waals surface area contributed by atoms with Crippen LogP contribution in [0.25, 0.3) is 0 Å². The number of methoxy groups -OCH3 is 2. The Hall–Kier alpha value is -0.120. The lowest BCUT2D eigenvalue weighted by molar-refractivity contribution is -0.0385. The summed E-state index contributed by atoms with van der Waals surface area (Å²) in [6.45, 7) is 0.798. The molecule has 13 heavy (non-hydrogen) atoms. The molecule has 0 amide bonds. The maximum Gasteiger partial charge on any atom is 0.0832 e. The molecule has 0 aromatic rings. The smallest absolute Gasteiger partial charge is 0.0832 e. The summed E-state index contributed by atoms with van der Waals surface area (Å²) < 4.78 is 10.8. The van der Waals surface area contributed by atoms with Gasteiger partial charge in [-0.2, -0.15) is 0 Å². The van der Waals surface area contributed by atoms with Gasteiger partial charge in [0.05, 0.1) is 12.2 Å². The van der Waals surface area contributed by atoms with E-state index in [-0.39, 0.29) is 12.2 Å². The second kappa shape index (κ2) is 5.58. The molecule has 0 aliphatic heterocycles. The first kappa shape index (κ1) is 11.0. The molecular weight excluding hydrogens is 166 g/mol. The Labute approximate surface area is 80.6 Å². The summed E-state index contributed by atoms with van der Waals surface area (Å²) in [4.78, 5) is 0. The van der Waals surface area contributed by atoms with E-state index < -0.39 is 0 Å². The lowest BCUT2D eigenvalue weighted by atomic mass is 10.0. The largest absolute Gasteiger partial charge is 0.379 e. The van der Waals surface area contributed by atoms with E-state index in [9.17, 15) is 0 Å². The SMILES string of the molecule is COC1CCC(CN)CCC1OC. The van der Waals surface area contributed by atoms with Crippen molar-refractivity contribution in [3.8, 4) is 0 Å². The monoisotopic (exact) mass is 187 g/mol. The van der Waals surface area contributed by atoms with E-state index in [4.69, 9.17) is 15.2 Å². The molecule has 0 aromatic carbocycles. The van der Waals surface area contributed by atoms with Gasteiger partial charge in [0.2, 0.25) is 0 Å². The number of hydrogen-bond donors (Lipinski definition) is 1. The molecule has 0 heterocycles. The summed E-state index contributed by atoms with van der Waals surface area (Å²) in [6.07, 6.45) is 5.04. The zero-order valence-electron chi connectivity index (χ0n) is 8.66. The Morgan fingerprint density at radius 1 is 1.00 bits per heavy atom. The van der Waals surface area contributed by atoms with Crippen molar-refractivity contribution in [3.05, 3.63) is 0 Å². The molecule has 0 bridgehead atoms. The first-order valence-electron chi connectivity index (χ1n) is 5.07. The predicted octanol–water partition coefficient (Wildman–Crippen LogP) is 1.17. The first-order chi connectivity index (χ1) is 6.31. The Kier molecular flexibility index (Phi) is 4.70. The fourth-order valence-corrected chi connectivity index (χ4v) is 2.09. The molecule has 0 saturated heterocycles. The van der Waals surface area contributed by atoms with Crippen molar-refractivity contribution < 1.29 is 9.47 Å². The van der Waals surface area contributed by atoms with Gasteiger partial charge in [-0.05, 0) is 38.1 Å². The number of hydrogen-bond acceptors (Lipinski definition) is 3. The Bertz CT molecular complexity index is 127. The van der Waals surface area contributed by atoms with Gasteiger partial charge >= 0.3 is 0 Å². The van der Waals surface area contributed by atoms with Crippen LogP contribution in [0.3, 0.4) is 0 Å². The van der Waals surface area contributed by atoms with E-state index in [2.05, 4.69) is 0 Å². The van der Waals surface area contributed by atoms with Crippen LogP contribution in [0.15, 0.2) is 0 Å². The average molecular weight is 187 g/mol. The summed E-state index contributed by atoms with van der Waals surface area (Å²) in [5.74, 6) is 0.665. The summed E-state index contributed by atoms with van der Waals surface area (Å²) >= 11 is 0. The number of ether oxygens (including phenoxy) is 2. The van der Waals surface area contributed by atoms with Crippen LogP contribution in [0.2, 0.25) is 0 Å². The van der Waals surface area contributed by atoms with E-state index in [1.807, 2.05) is 0 Å². The Balaban J connectivity index is 2.46. The van der Waals surface area contributed by atoms with Crippen molar-refractivity contribution in [3.63, 3.8) is 0 Å². The third-order valence-corrected chi connectivity index (χ3v) is 3.07. The van der Waals surface area contributed by atoms with Crippen molar-refractivity contribution in [1.29, 1.82) is 0 Å². The highest BCUT2D eigenvalue weighted by Gasteiger charge is 2.26. The summed E-state index contributed by atoms with van der Waals surface area (Å²) in [6, 6.07) is 0. The molecule has 1 rings (SSSR count). The molecule has 1 aliphatic carbocycles. The van der Waals surface area contributed by atoms with Crippen molar-refractivity contribution >= 4 is 0 Å². The maximum atomic E-state index is 5.66. The quantitative estimate of drug-likeness (QED) is 0.674. The van der Waals surface area contributed by atoms with Gasteiger partial charge in [-0.15, -0.1) is 0 Å². The Morgan fingerprint density at radius 2 is 1.46 bits per heavy atom. The normalized spacial score (nSPS) is 35.8. The third-order valence-electron chi connectivity index (χ3n) is 3.07. The number of rotatable bonds is 3. The van der Waals surface area contributed by atoms with Gasteiger partial charge in [0.1, 0.15) is 0 Å². The van der Waals surface area contributed by atoms with Gasteiger partial charge in [-0.25, -0.2) is 0 Å². The third kappa shape index (κ3) is 2.93. The van der Waals surface area contributed by atoms with Gasteiger partial charge in [0.15, 0.2) is 0 Å². The van der Waals surface area contributed by atoms with E-state index in [1.54, 1.807) is 14.2 Å². The van der Waals surface area contributed by atoms with Crippen LogP contribution >= 0.6 is 0 Å². The molecule has 2 N–H and O–H groups in total. The summed E-state index contributed by atoms with van der Waals surface area (Å²) in [5, 5.41) is 0. The van der Waals surface area contributed by atoms with Gasteiger partial charge in [0.25, 0.3) is 0 Å². The lowest BCUT2D eigenvalue weighted by Gasteiger charge is -2.21. The van der Waals surface area contributed by atoms with Gasteiger partial charge in [-0.3, -0.25) is 0 Å². The van der Waals surface area contributed by atoms with Gasteiger partial charge in [0, 0.05) is 14.2 Å². The first-order valence-corrected chi connectivity index (χ1v) is 5.07. The minimum Gasteiger partial charge on any atom is -0.379 e. The summed E-state index contributed by atoms with van der Waals surface area (Å²) in [7, 11) is 3.53. The molecule has 2 atom stereocenters. The van der Waals surface area contributed by atoms with E-state index in [0.717, 1.165) is 19.4 Å². The van der Waals surface area contributed by atoms with Crippen LogP contribution in [-0.2, 0) is 9.47 Å². The zero-order chi connectivity index (χ0) is 9.68. The van der Waals surface area contributed by atoms with Crippen molar-refractivity contribution in [1.82, 2.24) is 0 Å². The predicted molar refractivity (Wildman–Crippen MR) is 52.6 cm³/mol. The highest BCUT2D eigenvalue weighted by molar-refractivity contribution is 4.78. The van der Waals surface area contributed by atoms with Gasteiger partial charge in [-0.1, -0.05) is 0 Å². The van der Waals surface area contributed by atoms with Crippen LogP contribution in [0.1, 0.15) is 25.7 Å². The molecule has 1 fully saturated rings. The molecule has 3 heteroatoms. The van der Waals surface area contributed by atoms with Crippen LogP contribution in [0.5, 0.6) is 0 Å². The molecule has 0 spiro atoms. The van der Waals surface area contributed by atoms with Gasteiger partial charge < -0.3 is 15.2 Å². The molecule has 0 radical (unpaired) electrons. The second-order valence-corrected chi connectivity index (χ2v) is 3.80. The van der Waals surface area contributed by atoms with Crippen molar-refractivity contribution in [2.75, 3.05) is 20.8 Å². The van der Waals surface area contributed by atoms with E-state index in [0.29, 0.717) is 5.92 Å². The fraction of sp³-hybridized carbons (Fsp3) is 1.00. The highest BCUT2D eigenvalue weighted by Crippen LogP contribution is 2.25. The molecule has 78 valence electrons. The lowest BCUT2D eigenvalue weighted by Crippen LogP contribution is -2.28. The molecule has 1 saturated carbocycles. The standard InChI is InChI=1S/C10H21NO2/c1-12-9-5-3-8(7-11)4-6-10(9)13-2/h8-10H,3-7,11H2,1-2H3.